The maximum Gasteiger partial charge on any atom is 0.237 e. The lowest BCUT2D eigenvalue weighted by Crippen LogP contribution is -2.44. The molecule has 5 rings (SSSR count). The van der Waals surface area contributed by atoms with Crippen molar-refractivity contribution in [1.29, 1.82) is 0 Å². The minimum absolute atomic E-state index is 0.202. The maximum absolute atomic E-state index is 15.0. The second-order valence-electron chi connectivity index (χ2n) is 9.26. The molecule has 2 aromatic heterocycles. The van der Waals surface area contributed by atoms with Gasteiger partial charge < -0.3 is 15.4 Å². The van der Waals surface area contributed by atoms with E-state index in [4.69, 9.17) is 4.74 Å². The molecule has 41 heavy (non-hydrogen) atoms. The minimum Gasteiger partial charge on any atom is -0.435 e. The summed E-state index contributed by atoms with van der Waals surface area (Å²) in [5, 5.41) is 6.02. The van der Waals surface area contributed by atoms with E-state index in [0.717, 1.165) is 0 Å². The number of benzene rings is 2. The van der Waals surface area contributed by atoms with Gasteiger partial charge in [-0.2, -0.15) is 4.39 Å². The Labute approximate surface area is 233 Å². The van der Waals surface area contributed by atoms with Crippen molar-refractivity contribution in [3.05, 3.63) is 90.0 Å². The van der Waals surface area contributed by atoms with Crippen molar-refractivity contribution in [2.45, 2.75) is 24.4 Å². The number of alkyl halides is 1. The third-order valence-corrected chi connectivity index (χ3v) is 7.35. The molecule has 0 spiro atoms. The number of sulfonamides is 1. The minimum atomic E-state index is -4.28. The van der Waals surface area contributed by atoms with Gasteiger partial charge in [0.25, 0.3) is 0 Å². The first-order valence-electron chi connectivity index (χ1n) is 12.5. The SMILES string of the molecule is O=S(=O)(Cc1ccccc1)Nc1c(F)cc(Oc2ncccc2-c2ccnc(NC3CNC[C@@H](F)C3)n2)c(F)c1F. The molecule has 1 aliphatic heterocycles. The Morgan fingerprint density at radius 1 is 0.976 bits per heavy atom. The Balaban J connectivity index is 1.38. The highest BCUT2D eigenvalue weighted by Gasteiger charge is 2.26. The van der Waals surface area contributed by atoms with Crippen LogP contribution in [0.4, 0.5) is 29.2 Å². The average Bonchev–Trinajstić information content (AvgIpc) is 2.95. The van der Waals surface area contributed by atoms with Crippen molar-refractivity contribution in [3.63, 3.8) is 0 Å². The summed E-state index contributed by atoms with van der Waals surface area (Å²) in [5.41, 5.74) is -0.269. The topological polar surface area (TPSA) is 118 Å². The molecule has 214 valence electrons. The number of aromatic nitrogens is 3. The Hall–Kier alpha value is -4.30. The van der Waals surface area contributed by atoms with E-state index in [1.807, 2.05) is 0 Å². The average molecular weight is 589 g/mol. The fraction of sp³-hybridized carbons (Fsp3) is 0.222. The van der Waals surface area contributed by atoms with Gasteiger partial charge in [0, 0.05) is 44.0 Å². The van der Waals surface area contributed by atoms with E-state index in [9.17, 15) is 21.6 Å². The second-order valence-corrected chi connectivity index (χ2v) is 11.0. The third-order valence-electron chi connectivity index (χ3n) is 6.12. The molecule has 1 unspecified atom stereocenters. The maximum atomic E-state index is 15.0. The quantitative estimate of drug-likeness (QED) is 0.189. The van der Waals surface area contributed by atoms with Crippen LogP contribution >= 0.6 is 0 Å². The first kappa shape index (κ1) is 28.2. The summed E-state index contributed by atoms with van der Waals surface area (Å²) < 4.78 is 90.8. The van der Waals surface area contributed by atoms with Gasteiger partial charge in [0.2, 0.25) is 27.7 Å². The Kier molecular flexibility index (Phi) is 8.31. The van der Waals surface area contributed by atoms with E-state index in [1.165, 1.54) is 30.6 Å². The van der Waals surface area contributed by atoms with Gasteiger partial charge in [0.05, 0.1) is 17.0 Å². The predicted molar refractivity (Wildman–Crippen MR) is 144 cm³/mol. The number of hydrogen-bond donors (Lipinski definition) is 3. The molecule has 2 atom stereocenters. The Morgan fingerprint density at radius 3 is 2.56 bits per heavy atom. The lowest BCUT2D eigenvalue weighted by Gasteiger charge is -2.26. The molecular formula is C27H24F4N6O3S. The smallest absolute Gasteiger partial charge is 0.237 e. The van der Waals surface area contributed by atoms with Crippen molar-refractivity contribution < 1.29 is 30.7 Å². The molecule has 2 aromatic carbocycles. The molecule has 3 heterocycles. The van der Waals surface area contributed by atoms with E-state index in [2.05, 4.69) is 25.6 Å². The molecule has 1 saturated heterocycles. The van der Waals surface area contributed by atoms with Gasteiger partial charge >= 0.3 is 0 Å². The summed E-state index contributed by atoms with van der Waals surface area (Å²) in [6.07, 6.45) is 2.03. The zero-order chi connectivity index (χ0) is 29.0. The highest BCUT2D eigenvalue weighted by Crippen LogP contribution is 2.36. The van der Waals surface area contributed by atoms with Crippen molar-refractivity contribution in [2.24, 2.45) is 0 Å². The molecule has 0 amide bonds. The predicted octanol–water partition coefficient (Wildman–Crippen LogP) is 4.80. The van der Waals surface area contributed by atoms with E-state index >= 15 is 4.39 Å². The second kappa shape index (κ2) is 12.1. The van der Waals surface area contributed by atoms with Crippen LogP contribution in [0, 0.1) is 17.5 Å². The lowest BCUT2D eigenvalue weighted by atomic mass is 10.1. The van der Waals surface area contributed by atoms with E-state index in [1.54, 1.807) is 35.1 Å². The number of nitrogens with zero attached hydrogens (tertiary/aromatic N) is 3. The number of anilines is 2. The standard InChI is InChI=1S/C27H24F4N6O3S/c28-17-11-18(14-32-13-17)35-27-34-10-8-21(36-27)19-7-4-9-33-26(19)40-22-12-20(29)25(24(31)23(22)30)37-41(38,39)15-16-5-2-1-3-6-16/h1-10,12,17-18,32,37H,11,13-15H2,(H,34,35,36)/t17-,18?/m0/s1. The first-order chi connectivity index (χ1) is 19.7. The third kappa shape index (κ3) is 6.89. The van der Waals surface area contributed by atoms with Gasteiger partial charge in [-0.25, -0.2) is 36.5 Å². The Morgan fingerprint density at radius 2 is 1.78 bits per heavy atom. The number of piperidine rings is 1. The molecule has 14 heteroatoms. The van der Waals surface area contributed by atoms with Crippen molar-refractivity contribution in [1.82, 2.24) is 20.3 Å². The van der Waals surface area contributed by atoms with Crippen molar-refractivity contribution in [2.75, 3.05) is 23.1 Å². The van der Waals surface area contributed by atoms with Crippen LogP contribution in [0.25, 0.3) is 11.3 Å². The number of pyridine rings is 1. The zero-order valence-corrected chi connectivity index (χ0v) is 22.1. The molecule has 0 bridgehead atoms. The number of hydrogen-bond acceptors (Lipinski definition) is 8. The number of nitrogens with one attached hydrogen (secondary N) is 3. The van der Waals surface area contributed by atoms with Crippen LogP contribution in [0.3, 0.4) is 0 Å². The van der Waals surface area contributed by atoms with Gasteiger partial charge in [0.1, 0.15) is 11.9 Å². The molecule has 0 saturated carbocycles. The summed E-state index contributed by atoms with van der Waals surface area (Å²) in [6, 6.07) is 12.8. The molecule has 3 N–H and O–H groups in total. The highest BCUT2D eigenvalue weighted by molar-refractivity contribution is 7.91. The van der Waals surface area contributed by atoms with E-state index in [0.29, 0.717) is 18.2 Å². The fourth-order valence-corrected chi connectivity index (χ4v) is 5.46. The first-order valence-corrected chi connectivity index (χ1v) is 14.1. The van der Waals surface area contributed by atoms with Crippen molar-refractivity contribution >= 4 is 21.7 Å². The van der Waals surface area contributed by atoms with Crippen LogP contribution in [0.15, 0.2) is 67.0 Å². The monoisotopic (exact) mass is 588 g/mol. The normalized spacial score (nSPS) is 17.2. The van der Waals surface area contributed by atoms with Crippen LogP contribution in [0.5, 0.6) is 11.6 Å². The molecule has 4 aromatic rings. The molecule has 0 aliphatic carbocycles. The molecule has 1 fully saturated rings. The van der Waals surface area contributed by atoms with Crippen LogP contribution in [0.1, 0.15) is 12.0 Å². The van der Waals surface area contributed by atoms with Crippen LogP contribution < -0.4 is 20.1 Å². The molecular weight excluding hydrogens is 564 g/mol. The highest BCUT2D eigenvalue weighted by atomic mass is 32.2. The van der Waals surface area contributed by atoms with E-state index < -0.39 is 50.8 Å². The summed E-state index contributed by atoms with van der Waals surface area (Å²) in [7, 11) is -4.28. The number of rotatable bonds is 9. The zero-order valence-electron chi connectivity index (χ0n) is 21.3. The summed E-state index contributed by atoms with van der Waals surface area (Å²) in [4.78, 5) is 12.6. The summed E-state index contributed by atoms with van der Waals surface area (Å²) in [6.45, 7) is 0.790. The molecule has 0 radical (unpaired) electrons. The van der Waals surface area contributed by atoms with Crippen LogP contribution in [-0.4, -0.2) is 48.7 Å². The van der Waals surface area contributed by atoms with Gasteiger partial charge in [-0.3, -0.25) is 4.72 Å². The lowest BCUT2D eigenvalue weighted by molar-refractivity contribution is 0.254. The van der Waals surface area contributed by atoms with Crippen molar-refractivity contribution in [3.8, 4) is 22.9 Å². The molecule has 1 aliphatic rings. The van der Waals surface area contributed by atoms with E-state index in [-0.39, 0.29) is 42.1 Å². The van der Waals surface area contributed by atoms with Gasteiger partial charge in [-0.1, -0.05) is 30.3 Å². The fourth-order valence-electron chi connectivity index (χ4n) is 4.26. The number of halogens is 4. The van der Waals surface area contributed by atoms with Crippen LogP contribution in [-0.2, 0) is 15.8 Å². The summed E-state index contributed by atoms with van der Waals surface area (Å²) >= 11 is 0. The summed E-state index contributed by atoms with van der Waals surface area (Å²) in [5.74, 6) is -6.27. The van der Waals surface area contributed by atoms with Gasteiger partial charge in [0.15, 0.2) is 17.4 Å². The molecule has 9 nitrogen and oxygen atoms in total. The van der Waals surface area contributed by atoms with Crippen LogP contribution in [0.2, 0.25) is 0 Å². The number of ether oxygens (including phenoxy) is 1. The largest absolute Gasteiger partial charge is 0.435 e. The van der Waals surface area contributed by atoms with Gasteiger partial charge in [-0.15, -0.1) is 0 Å². The van der Waals surface area contributed by atoms with Gasteiger partial charge in [-0.05, 0) is 23.8 Å². The Bertz CT molecular complexity index is 1650.